The minimum absolute atomic E-state index is 0.218. The van der Waals surface area contributed by atoms with Gasteiger partial charge in [-0.15, -0.1) is 0 Å². The summed E-state index contributed by atoms with van der Waals surface area (Å²) in [5, 5.41) is 10.4. The Morgan fingerprint density at radius 2 is 2.00 bits per heavy atom. The molecule has 3 aromatic rings. The number of imidazole rings is 1. The SMILES string of the molecule is [C-]#[N+]c1cc2[nH]c(C=CC=C3C(CC)c4cc(Cl)c(C#N)cc4N3CC)[n+](CC)c2cc1Cl. The predicted octanol–water partition coefficient (Wildman–Crippen LogP) is 7.14. The summed E-state index contributed by atoms with van der Waals surface area (Å²) in [6.45, 7) is 15.2. The van der Waals surface area contributed by atoms with Crippen LogP contribution < -0.4 is 9.47 Å². The van der Waals surface area contributed by atoms with E-state index in [-0.39, 0.29) is 5.92 Å². The van der Waals surface area contributed by atoms with E-state index in [4.69, 9.17) is 29.8 Å². The van der Waals surface area contributed by atoms with Crippen LogP contribution in [0.3, 0.4) is 0 Å². The van der Waals surface area contributed by atoms with Crippen LogP contribution >= 0.6 is 23.2 Å². The van der Waals surface area contributed by atoms with Crippen LogP contribution in [0.25, 0.3) is 22.0 Å². The summed E-state index contributed by atoms with van der Waals surface area (Å²) in [5.41, 5.74) is 6.20. The number of anilines is 1. The second kappa shape index (κ2) is 9.32. The van der Waals surface area contributed by atoms with Gasteiger partial charge in [-0.3, -0.25) is 0 Å². The molecule has 1 N–H and O–H groups in total. The third-order valence-electron chi connectivity index (χ3n) is 6.16. The topological polar surface area (TPSA) is 51.1 Å². The van der Waals surface area contributed by atoms with Crippen molar-refractivity contribution in [2.24, 2.45) is 0 Å². The fourth-order valence-corrected chi connectivity index (χ4v) is 5.07. The number of nitrogens with one attached hydrogen (secondary N) is 1. The minimum Gasteiger partial charge on any atom is -0.344 e. The molecule has 1 unspecified atom stereocenters. The molecule has 0 saturated heterocycles. The van der Waals surface area contributed by atoms with Gasteiger partial charge < -0.3 is 4.90 Å². The third kappa shape index (κ3) is 3.89. The number of aromatic amines is 1. The van der Waals surface area contributed by atoms with Gasteiger partial charge in [0.25, 0.3) is 5.82 Å². The summed E-state index contributed by atoms with van der Waals surface area (Å²) in [7, 11) is 0. The second-order valence-electron chi connectivity index (χ2n) is 7.85. The van der Waals surface area contributed by atoms with Crippen molar-refractivity contribution in [1.29, 1.82) is 5.26 Å². The summed E-state index contributed by atoms with van der Waals surface area (Å²) in [5.74, 6) is 1.15. The number of aromatic nitrogens is 2. The number of allylic oxidation sites excluding steroid dienone is 3. The van der Waals surface area contributed by atoms with E-state index in [0.717, 1.165) is 42.1 Å². The fraction of sp³-hybridized carbons (Fsp3) is 0.269. The molecule has 0 aliphatic carbocycles. The highest BCUT2D eigenvalue weighted by Gasteiger charge is 2.32. The number of hydrogen-bond acceptors (Lipinski definition) is 2. The van der Waals surface area contributed by atoms with Crippen LogP contribution in [0, 0.1) is 17.9 Å². The Balaban J connectivity index is 1.75. The minimum atomic E-state index is 0.218. The van der Waals surface area contributed by atoms with Gasteiger partial charge in [0.1, 0.15) is 6.07 Å². The molecule has 5 nitrogen and oxygen atoms in total. The number of benzene rings is 2. The molecule has 0 bridgehead atoms. The van der Waals surface area contributed by atoms with E-state index >= 15 is 0 Å². The standard InChI is InChI=1S/C26H23Cl2N5/c1-5-17-18-12-19(27)16(15-29)11-24(18)32(6-2)23(17)9-8-10-26-31-22-14-21(30-4)20(28)13-25(22)33(26)7-3/h8-14,17H,5-7H2,1-3H3/p+1. The van der Waals surface area contributed by atoms with Gasteiger partial charge in [0.05, 0.1) is 28.7 Å². The molecule has 2 aromatic carbocycles. The molecule has 0 saturated carbocycles. The number of fused-ring (bicyclic) bond motifs is 2. The quantitative estimate of drug-likeness (QED) is 0.314. The zero-order valence-electron chi connectivity index (χ0n) is 18.8. The molecule has 7 heteroatoms. The number of aryl methyl sites for hydroxylation is 1. The molecule has 1 aromatic heterocycles. The maximum absolute atomic E-state index is 9.42. The van der Waals surface area contributed by atoms with E-state index in [1.807, 2.05) is 30.4 Å². The van der Waals surface area contributed by atoms with Crippen LogP contribution in [0.2, 0.25) is 10.0 Å². The fourth-order valence-electron chi connectivity index (χ4n) is 4.66. The Morgan fingerprint density at radius 1 is 1.21 bits per heavy atom. The van der Waals surface area contributed by atoms with Crippen molar-refractivity contribution in [3.63, 3.8) is 0 Å². The molecule has 1 aliphatic heterocycles. The van der Waals surface area contributed by atoms with Crippen molar-refractivity contribution in [3.8, 4) is 6.07 Å². The van der Waals surface area contributed by atoms with Crippen LogP contribution in [-0.2, 0) is 6.54 Å². The zero-order chi connectivity index (χ0) is 23.7. The highest BCUT2D eigenvalue weighted by Crippen LogP contribution is 2.47. The number of rotatable bonds is 5. The Kier molecular flexibility index (Phi) is 6.47. The van der Waals surface area contributed by atoms with Crippen LogP contribution in [-0.4, -0.2) is 11.5 Å². The molecule has 33 heavy (non-hydrogen) atoms. The van der Waals surface area contributed by atoms with E-state index < -0.39 is 0 Å². The van der Waals surface area contributed by atoms with Gasteiger partial charge in [-0.05, 0) is 56.2 Å². The van der Waals surface area contributed by atoms with Gasteiger partial charge in [-0.1, -0.05) is 36.2 Å². The largest absolute Gasteiger partial charge is 0.344 e. The average Bonchev–Trinajstić information content (AvgIpc) is 3.30. The molecular weight excluding hydrogens is 453 g/mol. The van der Waals surface area contributed by atoms with Crippen molar-refractivity contribution < 1.29 is 4.57 Å². The van der Waals surface area contributed by atoms with Gasteiger partial charge in [-0.2, -0.15) is 5.26 Å². The summed E-state index contributed by atoms with van der Waals surface area (Å²) < 4.78 is 2.14. The lowest BCUT2D eigenvalue weighted by Crippen LogP contribution is -2.34. The first-order chi connectivity index (χ1) is 16.0. The lowest BCUT2D eigenvalue weighted by atomic mass is 9.95. The summed E-state index contributed by atoms with van der Waals surface area (Å²) in [4.78, 5) is 9.17. The summed E-state index contributed by atoms with van der Waals surface area (Å²) in [6, 6.07) is 9.67. The Bertz CT molecular complexity index is 1380. The maximum Gasteiger partial charge on any atom is 0.280 e. The number of nitrogens with zero attached hydrogens (tertiary/aromatic N) is 4. The summed E-state index contributed by atoms with van der Waals surface area (Å²) >= 11 is 12.6. The molecule has 1 aliphatic rings. The highest BCUT2D eigenvalue weighted by molar-refractivity contribution is 6.34. The van der Waals surface area contributed by atoms with Crippen molar-refractivity contribution in [1.82, 2.24) is 4.98 Å². The predicted molar refractivity (Wildman–Crippen MR) is 135 cm³/mol. The van der Waals surface area contributed by atoms with Crippen LogP contribution in [0.4, 0.5) is 11.4 Å². The van der Waals surface area contributed by atoms with Gasteiger partial charge in [0.2, 0.25) is 5.69 Å². The molecule has 0 amide bonds. The Labute approximate surface area is 204 Å². The smallest absolute Gasteiger partial charge is 0.280 e. The van der Waals surface area contributed by atoms with Crippen molar-refractivity contribution in [3.05, 3.63) is 80.5 Å². The molecule has 4 rings (SSSR count). The first-order valence-corrected chi connectivity index (χ1v) is 11.7. The lowest BCUT2D eigenvalue weighted by molar-refractivity contribution is -0.669. The van der Waals surface area contributed by atoms with Gasteiger partial charge in [0.15, 0.2) is 11.0 Å². The van der Waals surface area contributed by atoms with Crippen LogP contribution in [0.1, 0.15) is 50.1 Å². The Morgan fingerprint density at radius 3 is 2.64 bits per heavy atom. The van der Waals surface area contributed by atoms with E-state index in [1.54, 1.807) is 6.07 Å². The number of likely N-dealkylation sites (N-methyl/N-ethyl adjacent to an activating group) is 1. The molecule has 0 spiro atoms. The number of hydrogen-bond donors (Lipinski definition) is 1. The molecule has 0 radical (unpaired) electrons. The van der Waals surface area contributed by atoms with Crippen molar-refractivity contribution in [2.75, 3.05) is 11.4 Å². The monoisotopic (exact) mass is 476 g/mol. The van der Waals surface area contributed by atoms with E-state index in [9.17, 15) is 5.26 Å². The van der Waals surface area contributed by atoms with Gasteiger partial charge >= 0.3 is 0 Å². The molecule has 2 heterocycles. The number of H-pyrrole nitrogens is 1. The van der Waals surface area contributed by atoms with E-state index in [2.05, 4.69) is 52.2 Å². The normalized spacial score (nSPS) is 16.5. The number of nitriles is 1. The zero-order valence-corrected chi connectivity index (χ0v) is 20.3. The number of halogens is 2. The van der Waals surface area contributed by atoms with Gasteiger partial charge in [-0.25, -0.2) is 14.4 Å². The summed E-state index contributed by atoms with van der Waals surface area (Å²) in [6.07, 6.45) is 7.16. The van der Waals surface area contributed by atoms with Crippen LogP contribution in [0.5, 0.6) is 0 Å². The average molecular weight is 477 g/mol. The lowest BCUT2D eigenvalue weighted by Gasteiger charge is -2.21. The molecule has 166 valence electrons. The maximum atomic E-state index is 9.42. The molecule has 1 atom stereocenters. The first kappa shape index (κ1) is 22.9. The van der Waals surface area contributed by atoms with E-state index in [1.165, 1.54) is 11.3 Å². The highest BCUT2D eigenvalue weighted by atomic mass is 35.5. The van der Waals surface area contributed by atoms with Crippen molar-refractivity contribution >= 4 is 51.7 Å². The first-order valence-electron chi connectivity index (χ1n) is 11.0. The van der Waals surface area contributed by atoms with Crippen LogP contribution in [0.15, 0.2) is 42.1 Å². The third-order valence-corrected chi connectivity index (χ3v) is 6.78. The van der Waals surface area contributed by atoms with Gasteiger partial charge in [0, 0.05) is 29.9 Å². The molecular formula is C26H24Cl2N5+. The molecule has 0 fully saturated rings. The Hall–Kier alpha value is -3.25. The van der Waals surface area contributed by atoms with Crippen molar-refractivity contribution in [2.45, 2.75) is 39.7 Å². The second-order valence-corrected chi connectivity index (χ2v) is 8.66. The van der Waals surface area contributed by atoms with E-state index in [0.29, 0.717) is 21.3 Å².